The Morgan fingerprint density at radius 3 is 2.69 bits per heavy atom. The van der Waals surface area contributed by atoms with Crippen molar-refractivity contribution >= 4 is 28.9 Å². The van der Waals surface area contributed by atoms with Gasteiger partial charge in [0.25, 0.3) is 0 Å². The minimum Gasteiger partial charge on any atom is -0.478 e. The summed E-state index contributed by atoms with van der Waals surface area (Å²) in [5.41, 5.74) is 6.59. The molecule has 0 saturated carbocycles. The van der Waals surface area contributed by atoms with Gasteiger partial charge in [0.15, 0.2) is 0 Å². The second-order valence-corrected chi connectivity index (χ2v) is 4.03. The summed E-state index contributed by atoms with van der Waals surface area (Å²) in [5.74, 6) is -1.02. The highest BCUT2D eigenvalue weighted by Gasteiger charge is 2.17. The molecular weight excluding hydrogens is 228 g/mol. The Morgan fingerprint density at radius 2 is 2.19 bits per heavy atom. The zero-order valence-corrected chi connectivity index (χ0v) is 10.1. The summed E-state index contributed by atoms with van der Waals surface area (Å²) < 4.78 is 0. The number of rotatable bonds is 4. The maximum Gasteiger partial charge on any atom is 0.337 e. The highest BCUT2D eigenvalue weighted by atomic mass is 35.5. The number of carboxylic acids is 1. The Kier molecular flexibility index (Phi) is 4.01. The maximum atomic E-state index is 11.1. The molecule has 3 N–H and O–H groups in total. The lowest BCUT2D eigenvalue weighted by molar-refractivity contribution is 0.0697. The van der Waals surface area contributed by atoms with Crippen molar-refractivity contribution in [2.75, 3.05) is 24.2 Å². The smallest absolute Gasteiger partial charge is 0.337 e. The average molecular weight is 243 g/mol. The molecule has 0 unspecified atom stereocenters. The van der Waals surface area contributed by atoms with E-state index in [-0.39, 0.29) is 5.56 Å². The van der Waals surface area contributed by atoms with Gasteiger partial charge >= 0.3 is 5.97 Å². The monoisotopic (exact) mass is 242 g/mol. The minimum absolute atomic E-state index is 0.140. The molecule has 0 bridgehead atoms. The molecule has 0 saturated heterocycles. The quantitative estimate of drug-likeness (QED) is 0.796. The molecule has 0 radical (unpaired) electrons. The molecule has 0 fully saturated rings. The number of nitrogens with two attached hydrogens (primary N) is 1. The topological polar surface area (TPSA) is 66.6 Å². The van der Waals surface area contributed by atoms with Gasteiger partial charge in [-0.1, -0.05) is 18.5 Å². The predicted octanol–water partition coefficient (Wildman–Crippen LogP) is 2.47. The highest BCUT2D eigenvalue weighted by Crippen LogP contribution is 2.32. The van der Waals surface area contributed by atoms with E-state index in [1.807, 2.05) is 18.9 Å². The third kappa shape index (κ3) is 2.58. The van der Waals surface area contributed by atoms with E-state index in [0.29, 0.717) is 16.4 Å². The molecule has 1 rings (SSSR count). The molecular formula is C11H15ClN2O2. The zero-order valence-electron chi connectivity index (χ0n) is 9.33. The summed E-state index contributed by atoms with van der Waals surface area (Å²) in [4.78, 5) is 12.9. The van der Waals surface area contributed by atoms with E-state index in [1.54, 1.807) is 6.07 Å². The number of hydrogen-bond donors (Lipinski definition) is 2. The molecule has 0 aromatic heterocycles. The molecule has 1 aromatic rings. The first-order valence-electron chi connectivity index (χ1n) is 5.00. The fourth-order valence-electron chi connectivity index (χ4n) is 1.62. The van der Waals surface area contributed by atoms with Crippen LogP contribution in [0.4, 0.5) is 11.4 Å². The zero-order chi connectivity index (χ0) is 12.3. The van der Waals surface area contributed by atoms with Crippen molar-refractivity contribution in [3.05, 3.63) is 22.7 Å². The number of nitrogens with zero attached hydrogens (tertiary/aromatic N) is 1. The number of aromatic carboxylic acids is 1. The van der Waals surface area contributed by atoms with Crippen LogP contribution in [0.1, 0.15) is 23.7 Å². The number of carbonyl (C=O) groups is 1. The van der Waals surface area contributed by atoms with Crippen LogP contribution in [0.15, 0.2) is 12.1 Å². The van der Waals surface area contributed by atoms with Crippen molar-refractivity contribution in [1.82, 2.24) is 0 Å². The molecule has 0 heterocycles. The summed E-state index contributed by atoms with van der Waals surface area (Å²) in [7, 11) is 1.81. The van der Waals surface area contributed by atoms with Crippen molar-refractivity contribution in [2.24, 2.45) is 0 Å². The van der Waals surface area contributed by atoms with Crippen molar-refractivity contribution in [2.45, 2.75) is 13.3 Å². The second-order valence-electron chi connectivity index (χ2n) is 3.63. The lowest BCUT2D eigenvalue weighted by Crippen LogP contribution is -2.21. The molecule has 0 amide bonds. The summed E-state index contributed by atoms with van der Waals surface area (Å²) >= 11 is 6.02. The predicted molar refractivity (Wildman–Crippen MR) is 66.4 cm³/mol. The summed E-state index contributed by atoms with van der Waals surface area (Å²) in [6.07, 6.45) is 0.913. The lowest BCUT2D eigenvalue weighted by Gasteiger charge is -2.22. The van der Waals surface area contributed by atoms with Gasteiger partial charge in [-0.3, -0.25) is 0 Å². The molecule has 0 spiro atoms. The van der Waals surface area contributed by atoms with E-state index < -0.39 is 5.97 Å². The fraction of sp³-hybridized carbons (Fsp3) is 0.364. The fourth-order valence-corrected chi connectivity index (χ4v) is 1.99. The molecule has 0 aliphatic carbocycles. The maximum absolute atomic E-state index is 11.1. The third-order valence-corrected chi connectivity index (χ3v) is 2.54. The molecule has 4 nitrogen and oxygen atoms in total. The Hall–Kier alpha value is -1.42. The van der Waals surface area contributed by atoms with E-state index in [4.69, 9.17) is 22.4 Å². The van der Waals surface area contributed by atoms with Gasteiger partial charge in [-0.25, -0.2) is 4.79 Å². The van der Waals surface area contributed by atoms with Gasteiger partial charge in [-0.05, 0) is 18.6 Å². The van der Waals surface area contributed by atoms with Gasteiger partial charge in [-0.2, -0.15) is 0 Å². The van der Waals surface area contributed by atoms with Crippen LogP contribution in [0.3, 0.4) is 0 Å². The van der Waals surface area contributed by atoms with Crippen molar-refractivity contribution < 1.29 is 9.90 Å². The normalized spacial score (nSPS) is 10.2. The van der Waals surface area contributed by atoms with Crippen LogP contribution >= 0.6 is 11.6 Å². The largest absolute Gasteiger partial charge is 0.478 e. The molecule has 88 valence electrons. The molecule has 0 aliphatic heterocycles. The first-order valence-corrected chi connectivity index (χ1v) is 5.38. The van der Waals surface area contributed by atoms with E-state index in [2.05, 4.69) is 0 Å². The van der Waals surface area contributed by atoms with Crippen LogP contribution in [0.5, 0.6) is 0 Å². The van der Waals surface area contributed by atoms with E-state index >= 15 is 0 Å². The number of carboxylic acid groups (broad SMARTS) is 1. The van der Waals surface area contributed by atoms with Crippen molar-refractivity contribution in [1.29, 1.82) is 0 Å². The van der Waals surface area contributed by atoms with E-state index in [9.17, 15) is 4.79 Å². The molecule has 1 aromatic carbocycles. The van der Waals surface area contributed by atoms with E-state index in [1.165, 1.54) is 6.07 Å². The van der Waals surface area contributed by atoms with Gasteiger partial charge in [0.05, 0.1) is 16.3 Å². The Bertz CT molecular complexity index is 407. The second kappa shape index (κ2) is 5.07. The molecule has 0 atom stereocenters. The molecule has 16 heavy (non-hydrogen) atoms. The summed E-state index contributed by atoms with van der Waals surface area (Å²) in [6.45, 7) is 2.76. The molecule has 5 heteroatoms. The standard InChI is InChI=1S/C11H15ClN2O2/c1-3-4-14(2)10-8(11(15)16)5-7(13)6-9(10)12/h5-6H,3-4,13H2,1-2H3,(H,15,16). The van der Waals surface area contributed by atoms with Gasteiger partial charge < -0.3 is 15.7 Å². The number of anilines is 2. The lowest BCUT2D eigenvalue weighted by atomic mass is 10.1. The Morgan fingerprint density at radius 1 is 1.56 bits per heavy atom. The highest BCUT2D eigenvalue weighted by molar-refractivity contribution is 6.34. The summed E-state index contributed by atoms with van der Waals surface area (Å²) in [5, 5.41) is 9.46. The molecule has 0 aliphatic rings. The van der Waals surface area contributed by atoms with Crippen molar-refractivity contribution in [3.63, 3.8) is 0 Å². The third-order valence-electron chi connectivity index (χ3n) is 2.26. The van der Waals surface area contributed by atoms with E-state index in [0.717, 1.165) is 13.0 Å². The van der Waals surface area contributed by atoms with Gasteiger partial charge in [0, 0.05) is 19.3 Å². The number of halogens is 1. The van der Waals surface area contributed by atoms with Crippen LogP contribution in [-0.4, -0.2) is 24.7 Å². The van der Waals surface area contributed by atoms with Gasteiger partial charge in [0.2, 0.25) is 0 Å². The van der Waals surface area contributed by atoms with Gasteiger partial charge in [-0.15, -0.1) is 0 Å². The van der Waals surface area contributed by atoms with Crippen molar-refractivity contribution in [3.8, 4) is 0 Å². The SMILES string of the molecule is CCCN(C)c1c(Cl)cc(N)cc1C(=O)O. The van der Waals surface area contributed by atoms with Crippen LogP contribution in [0, 0.1) is 0 Å². The van der Waals surface area contributed by atoms with Gasteiger partial charge in [0.1, 0.15) is 0 Å². The van der Waals surface area contributed by atoms with Crippen LogP contribution in [0.2, 0.25) is 5.02 Å². The number of hydrogen-bond acceptors (Lipinski definition) is 3. The Labute approximate surface area is 99.6 Å². The van der Waals surface area contributed by atoms with Crippen LogP contribution in [-0.2, 0) is 0 Å². The first kappa shape index (κ1) is 12.6. The average Bonchev–Trinajstić information content (AvgIpc) is 2.16. The van der Waals surface area contributed by atoms with Crippen LogP contribution in [0.25, 0.3) is 0 Å². The summed E-state index contributed by atoms with van der Waals surface area (Å²) in [6, 6.07) is 2.99. The Balaban J connectivity index is 3.29. The number of nitrogen functional groups attached to an aromatic ring is 1. The number of benzene rings is 1. The van der Waals surface area contributed by atoms with Crippen LogP contribution < -0.4 is 10.6 Å². The first-order chi connectivity index (χ1) is 7.47. The minimum atomic E-state index is -1.02.